The third kappa shape index (κ3) is 3.86. The fraction of sp³-hybridized carbons (Fsp3) is 0.333. The molecule has 2 aromatic rings. The van der Waals surface area contributed by atoms with Gasteiger partial charge in [0.15, 0.2) is 0 Å². The molecule has 2 atom stereocenters. The lowest BCUT2D eigenvalue weighted by molar-refractivity contribution is 0.181. The van der Waals surface area contributed by atoms with Crippen molar-refractivity contribution in [2.24, 2.45) is 5.73 Å². The van der Waals surface area contributed by atoms with Gasteiger partial charge in [-0.2, -0.15) is 0 Å². The molecular formula is C18H20ClFN2. The molecule has 4 heteroatoms. The molecule has 22 heavy (non-hydrogen) atoms. The average molecular weight is 319 g/mol. The molecule has 0 amide bonds. The van der Waals surface area contributed by atoms with Crippen LogP contribution >= 0.6 is 11.6 Å². The Hall–Kier alpha value is -1.42. The molecule has 0 bridgehead atoms. The number of piperidine rings is 1. The quantitative estimate of drug-likeness (QED) is 0.932. The van der Waals surface area contributed by atoms with Crippen LogP contribution < -0.4 is 5.73 Å². The molecule has 116 valence electrons. The van der Waals surface area contributed by atoms with Crippen LogP contribution in [0.5, 0.6) is 0 Å². The molecule has 0 aromatic heterocycles. The van der Waals surface area contributed by atoms with Crippen molar-refractivity contribution < 1.29 is 4.39 Å². The molecule has 2 nitrogen and oxygen atoms in total. The van der Waals surface area contributed by atoms with E-state index in [1.54, 1.807) is 0 Å². The lowest BCUT2D eigenvalue weighted by atomic mass is 9.88. The van der Waals surface area contributed by atoms with E-state index in [0.29, 0.717) is 5.92 Å². The molecule has 1 aliphatic heterocycles. The molecule has 0 saturated carbocycles. The summed E-state index contributed by atoms with van der Waals surface area (Å²) in [6.07, 6.45) is 0.947. The smallest absolute Gasteiger partial charge is 0.123 e. The fourth-order valence-corrected chi connectivity index (χ4v) is 3.31. The molecule has 2 aromatic carbocycles. The molecule has 1 saturated heterocycles. The van der Waals surface area contributed by atoms with Gasteiger partial charge in [0.05, 0.1) is 0 Å². The minimum atomic E-state index is -0.193. The van der Waals surface area contributed by atoms with E-state index >= 15 is 0 Å². The van der Waals surface area contributed by atoms with E-state index in [4.69, 9.17) is 17.3 Å². The minimum absolute atomic E-state index is 0.149. The number of nitrogens with zero attached hydrogens (tertiary/aromatic N) is 1. The second-order valence-corrected chi connectivity index (χ2v) is 6.50. The Kier molecular flexibility index (Phi) is 4.77. The van der Waals surface area contributed by atoms with E-state index in [9.17, 15) is 4.39 Å². The van der Waals surface area contributed by atoms with Crippen LogP contribution in [-0.2, 0) is 6.54 Å². The Bertz CT molecular complexity index is 612. The van der Waals surface area contributed by atoms with Crippen molar-refractivity contribution in [1.29, 1.82) is 0 Å². The largest absolute Gasteiger partial charge is 0.327 e. The lowest BCUT2D eigenvalue weighted by Gasteiger charge is -2.36. The molecule has 1 fully saturated rings. The number of halogens is 2. The SMILES string of the molecule is NC1CC(c2ccc(F)cc2)CN(Cc2ccc(Cl)cc2)C1. The zero-order valence-electron chi connectivity index (χ0n) is 12.4. The Morgan fingerprint density at radius 3 is 2.41 bits per heavy atom. The summed E-state index contributed by atoms with van der Waals surface area (Å²) in [4.78, 5) is 2.37. The van der Waals surface area contributed by atoms with Gasteiger partial charge in [0.25, 0.3) is 0 Å². The molecule has 0 radical (unpaired) electrons. The summed E-state index contributed by atoms with van der Waals surface area (Å²) in [6, 6.07) is 14.9. The fourth-order valence-electron chi connectivity index (χ4n) is 3.19. The summed E-state index contributed by atoms with van der Waals surface area (Å²) in [5.41, 5.74) is 8.62. The van der Waals surface area contributed by atoms with Gasteiger partial charge < -0.3 is 5.73 Å². The Labute approximate surface area is 135 Å². The van der Waals surface area contributed by atoms with Crippen molar-refractivity contribution in [2.75, 3.05) is 13.1 Å². The summed E-state index contributed by atoms with van der Waals surface area (Å²) in [6.45, 7) is 2.70. The first kappa shape index (κ1) is 15.5. The van der Waals surface area contributed by atoms with Crippen molar-refractivity contribution in [3.63, 3.8) is 0 Å². The van der Waals surface area contributed by atoms with E-state index in [2.05, 4.69) is 17.0 Å². The van der Waals surface area contributed by atoms with Gasteiger partial charge in [0.2, 0.25) is 0 Å². The van der Waals surface area contributed by atoms with E-state index < -0.39 is 0 Å². The third-order valence-electron chi connectivity index (χ3n) is 4.22. The highest BCUT2D eigenvalue weighted by atomic mass is 35.5. The van der Waals surface area contributed by atoms with Crippen LogP contribution in [0.3, 0.4) is 0 Å². The maximum atomic E-state index is 13.1. The van der Waals surface area contributed by atoms with Crippen molar-refractivity contribution >= 4 is 11.6 Å². The molecule has 0 spiro atoms. The number of hydrogen-bond donors (Lipinski definition) is 1. The number of benzene rings is 2. The summed E-state index contributed by atoms with van der Waals surface area (Å²) in [7, 11) is 0. The van der Waals surface area contributed by atoms with Crippen LogP contribution in [0.1, 0.15) is 23.5 Å². The maximum absolute atomic E-state index is 13.1. The van der Waals surface area contributed by atoms with Crippen LogP contribution in [0.2, 0.25) is 5.02 Å². The summed E-state index contributed by atoms with van der Waals surface area (Å²) < 4.78 is 13.1. The second-order valence-electron chi connectivity index (χ2n) is 6.06. The van der Waals surface area contributed by atoms with Crippen LogP contribution in [0.4, 0.5) is 4.39 Å². The molecule has 1 heterocycles. The predicted octanol–water partition coefficient (Wildman–Crippen LogP) is 3.80. The highest BCUT2D eigenvalue weighted by molar-refractivity contribution is 6.30. The van der Waals surface area contributed by atoms with E-state index in [0.717, 1.165) is 36.6 Å². The average Bonchev–Trinajstić information content (AvgIpc) is 2.50. The van der Waals surface area contributed by atoms with Crippen LogP contribution in [0.15, 0.2) is 48.5 Å². The first-order chi connectivity index (χ1) is 10.6. The number of nitrogens with two attached hydrogens (primary N) is 1. The van der Waals surface area contributed by atoms with Crippen LogP contribution in [-0.4, -0.2) is 24.0 Å². The van der Waals surface area contributed by atoms with E-state index in [-0.39, 0.29) is 11.9 Å². The molecule has 3 rings (SSSR count). The van der Waals surface area contributed by atoms with Crippen LogP contribution in [0, 0.1) is 5.82 Å². The Morgan fingerprint density at radius 2 is 1.73 bits per heavy atom. The van der Waals surface area contributed by atoms with Crippen molar-refractivity contribution in [3.05, 3.63) is 70.5 Å². The van der Waals surface area contributed by atoms with Crippen LogP contribution in [0.25, 0.3) is 0 Å². The number of likely N-dealkylation sites (tertiary alicyclic amines) is 1. The van der Waals surface area contributed by atoms with Gasteiger partial charge in [-0.1, -0.05) is 35.9 Å². The van der Waals surface area contributed by atoms with Crippen molar-refractivity contribution in [1.82, 2.24) is 4.90 Å². The van der Waals surface area contributed by atoms with Gasteiger partial charge in [-0.25, -0.2) is 4.39 Å². The monoisotopic (exact) mass is 318 g/mol. The van der Waals surface area contributed by atoms with Crippen molar-refractivity contribution in [2.45, 2.75) is 24.9 Å². The van der Waals surface area contributed by atoms with Gasteiger partial charge in [-0.05, 0) is 47.7 Å². The molecule has 2 N–H and O–H groups in total. The van der Waals surface area contributed by atoms with E-state index in [1.165, 1.54) is 17.7 Å². The highest BCUT2D eigenvalue weighted by Gasteiger charge is 2.26. The normalized spacial score (nSPS) is 22.7. The predicted molar refractivity (Wildman–Crippen MR) is 88.5 cm³/mol. The minimum Gasteiger partial charge on any atom is -0.327 e. The Balaban J connectivity index is 1.70. The lowest BCUT2D eigenvalue weighted by Crippen LogP contribution is -2.45. The topological polar surface area (TPSA) is 29.3 Å². The zero-order chi connectivity index (χ0) is 15.5. The Morgan fingerprint density at radius 1 is 1.05 bits per heavy atom. The zero-order valence-corrected chi connectivity index (χ0v) is 13.1. The van der Waals surface area contributed by atoms with Gasteiger partial charge >= 0.3 is 0 Å². The van der Waals surface area contributed by atoms with E-state index in [1.807, 2.05) is 24.3 Å². The van der Waals surface area contributed by atoms with Crippen molar-refractivity contribution in [3.8, 4) is 0 Å². The standard InChI is InChI=1S/C18H20ClFN2/c19-16-5-1-13(2-6-16)10-22-11-15(9-18(21)12-22)14-3-7-17(20)8-4-14/h1-8,15,18H,9-12,21H2. The molecule has 1 aliphatic rings. The molecule has 0 aliphatic carbocycles. The first-order valence-electron chi connectivity index (χ1n) is 7.58. The first-order valence-corrected chi connectivity index (χ1v) is 7.96. The molecule has 2 unspecified atom stereocenters. The maximum Gasteiger partial charge on any atom is 0.123 e. The highest BCUT2D eigenvalue weighted by Crippen LogP contribution is 2.27. The van der Waals surface area contributed by atoms with Gasteiger partial charge in [-0.3, -0.25) is 4.90 Å². The number of hydrogen-bond acceptors (Lipinski definition) is 2. The summed E-state index contributed by atoms with van der Waals surface area (Å²) >= 11 is 5.93. The second kappa shape index (κ2) is 6.78. The van der Waals surface area contributed by atoms with Gasteiger partial charge in [0.1, 0.15) is 5.82 Å². The number of rotatable bonds is 3. The van der Waals surface area contributed by atoms with Gasteiger partial charge in [0, 0.05) is 30.7 Å². The summed E-state index contributed by atoms with van der Waals surface area (Å²) in [5.74, 6) is 0.165. The third-order valence-corrected chi connectivity index (χ3v) is 4.47. The molecular weight excluding hydrogens is 299 g/mol. The summed E-state index contributed by atoms with van der Waals surface area (Å²) in [5, 5.41) is 0.753. The van der Waals surface area contributed by atoms with Gasteiger partial charge in [-0.15, -0.1) is 0 Å².